The lowest BCUT2D eigenvalue weighted by molar-refractivity contribution is 0.596. The monoisotopic (exact) mass is 407 g/mol. The van der Waals surface area contributed by atoms with Crippen LogP contribution in [0.5, 0.6) is 0 Å². The lowest BCUT2D eigenvalue weighted by Gasteiger charge is -2.08. The maximum Gasteiger partial charge on any atom is 0.274 e. The molecule has 1 N–H and O–H groups in total. The van der Waals surface area contributed by atoms with Gasteiger partial charge in [0, 0.05) is 23.2 Å². The SMILES string of the molecule is O=c1c2ccc(S(=O)(=O)c3cn[nH]c3)cc2cnn1Cc1cccc(C2CC2)n1. The smallest absolute Gasteiger partial charge is 0.274 e. The van der Waals surface area contributed by atoms with Crippen LogP contribution in [0.3, 0.4) is 0 Å². The zero-order chi connectivity index (χ0) is 20.0. The number of fused-ring (bicyclic) bond motifs is 1. The van der Waals surface area contributed by atoms with Crippen molar-refractivity contribution in [1.82, 2.24) is 25.0 Å². The molecular formula is C20H17N5O3S. The van der Waals surface area contributed by atoms with Crippen LogP contribution in [0, 0.1) is 0 Å². The molecule has 1 aliphatic rings. The average Bonchev–Trinajstić information content (AvgIpc) is 3.43. The van der Waals surface area contributed by atoms with Crippen LogP contribution in [0.4, 0.5) is 0 Å². The van der Waals surface area contributed by atoms with Crippen molar-refractivity contribution >= 4 is 20.6 Å². The Kier molecular flexibility index (Phi) is 4.06. The molecule has 0 saturated heterocycles. The Morgan fingerprint density at radius 1 is 1.10 bits per heavy atom. The fourth-order valence-corrected chi connectivity index (χ4v) is 4.51. The van der Waals surface area contributed by atoms with Gasteiger partial charge in [-0.15, -0.1) is 0 Å². The number of nitrogens with zero attached hydrogens (tertiary/aromatic N) is 4. The van der Waals surface area contributed by atoms with Gasteiger partial charge in [-0.25, -0.2) is 13.1 Å². The number of pyridine rings is 1. The van der Waals surface area contributed by atoms with Gasteiger partial charge in [0.2, 0.25) is 9.84 Å². The molecule has 0 bridgehead atoms. The summed E-state index contributed by atoms with van der Waals surface area (Å²) in [4.78, 5) is 17.7. The second kappa shape index (κ2) is 6.63. The Hall–Kier alpha value is -3.33. The van der Waals surface area contributed by atoms with Crippen LogP contribution in [-0.2, 0) is 16.4 Å². The van der Waals surface area contributed by atoms with Crippen molar-refractivity contribution in [2.45, 2.75) is 35.1 Å². The molecule has 5 rings (SSSR count). The Bertz CT molecular complexity index is 1370. The van der Waals surface area contributed by atoms with Crippen molar-refractivity contribution in [3.05, 3.63) is 76.7 Å². The minimum atomic E-state index is -3.71. The normalized spacial score (nSPS) is 14.3. The first-order chi connectivity index (χ1) is 14.0. The van der Waals surface area contributed by atoms with Crippen molar-refractivity contribution in [3.8, 4) is 0 Å². The van der Waals surface area contributed by atoms with Gasteiger partial charge in [0.05, 0.1) is 34.9 Å². The van der Waals surface area contributed by atoms with E-state index >= 15 is 0 Å². The summed E-state index contributed by atoms with van der Waals surface area (Å²) < 4.78 is 26.7. The average molecular weight is 407 g/mol. The number of H-pyrrole nitrogens is 1. The van der Waals surface area contributed by atoms with Gasteiger partial charge in [0.15, 0.2) is 0 Å². The van der Waals surface area contributed by atoms with E-state index in [9.17, 15) is 13.2 Å². The Balaban J connectivity index is 1.51. The van der Waals surface area contributed by atoms with Crippen LogP contribution in [-0.4, -0.2) is 33.4 Å². The van der Waals surface area contributed by atoms with E-state index < -0.39 is 9.84 Å². The first-order valence-corrected chi connectivity index (χ1v) is 10.7. The van der Waals surface area contributed by atoms with Crippen molar-refractivity contribution in [3.63, 3.8) is 0 Å². The molecule has 0 atom stereocenters. The molecular weight excluding hydrogens is 390 g/mol. The summed E-state index contributed by atoms with van der Waals surface area (Å²) in [5, 5.41) is 11.3. The maximum atomic E-state index is 12.9. The highest BCUT2D eigenvalue weighted by Gasteiger charge is 2.25. The minimum Gasteiger partial charge on any atom is -0.284 e. The van der Waals surface area contributed by atoms with Gasteiger partial charge in [-0.1, -0.05) is 6.07 Å². The number of aromatic amines is 1. The minimum absolute atomic E-state index is 0.0692. The molecule has 0 radical (unpaired) electrons. The standard InChI is InChI=1S/C20H17N5O3S/c26-20-18-7-6-16(29(27,28)17-10-21-22-11-17)8-14(18)9-23-25(20)12-15-2-1-3-19(24-15)13-4-5-13/h1-3,6-11,13H,4-5,12H2,(H,21,22). The van der Waals surface area contributed by atoms with E-state index in [1.165, 1.54) is 41.5 Å². The molecule has 0 aliphatic heterocycles. The molecule has 0 spiro atoms. The quantitative estimate of drug-likeness (QED) is 0.543. The van der Waals surface area contributed by atoms with Crippen LogP contribution < -0.4 is 5.56 Å². The highest BCUT2D eigenvalue weighted by atomic mass is 32.2. The largest absolute Gasteiger partial charge is 0.284 e. The second-order valence-corrected chi connectivity index (χ2v) is 9.07. The van der Waals surface area contributed by atoms with Gasteiger partial charge < -0.3 is 0 Å². The molecule has 0 amide bonds. The lowest BCUT2D eigenvalue weighted by Crippen LogP contribution is -2.24. The number of aromatic nitrogens is 5. The fourth-order valence-electron chi connectivity index (χ4n) is 3.31. The van der Waals surface area contributed by atoms with Crippen molar-refractivity contribution in [2.75, 3.05) is 0 Å². The number of benzene rings is 1. The van der Waals surface area contributed by atoms with Crippen molar-refractivity contribution < 1.29 is 8.42 Å². The molecule has 1 aromatic carbocycles. The van der Waals surface area contributed by atoms with Crippen LogP contribution in [0.25, 0.3) is 10.8 Å². The number of hydrogen-bond acceptors (Lipinski definition) is 6. The predicted molar refractivity (Wildman–Crippen MR) is 105 cm³/mol. The van der Waals surface area contributed by atoms with Crippen LogP contribution >= 0.6 is 0 Å². The highest BCUT2D eigenvalue weighted by molar-refractivity contribution is 7.91. The molecule has 3 aromatic heterocycles. The van der Waals surface area contributed by atoms with E-state index in [4.69, 9.17) is 0 Å². The third-order valence-corrected chi connectivity index (χ3v) is 6.77. The Morgan fingerprint density at radius 2 is 1.97 bits per heavy atom. The topological polar surface area (TPSA) is 111 Å². The maximum absolute atomic E-state index is 12.9. The molecule has 146 valence electrons. The number of sulfone groups is 1. The van der Waals surface area contributed by atoms with Gasteiger partial charge in [0.1, 0.15) is 4.90 Å². The third-order valence-electron chi connectivity index (χ3n) is 5.05. The van der Waals surface area contributed by atoms with E-state index in [0.29, 0.717) is 16.7 Å². The lowest BCUT2D eigenvalue weighted by atomic mass is 10.2. The van der Waals surface area contributed by atoms with Crippen LogP contribution in [0.1, 0.15) is 30.1 Å². The molecule has 8 nitrogen and oxygen atoms in total. The zero-order valence-electron chi connectivity index (χ0n) is 15.3. The predicted octanol–water partition coefficient (Wildman–Crippen LogP) is 2.27. The van der Waals surface area contributed by atoms with E-state index in [0.717, 1.165) is 24.2 Å². The van der Waals surface area contributed by atoms with E-state index in [2.05, 4.69) is 20.3 Å². The zero-order valence-corrected chi connectivity index (χ0v) is 16.1. The van der Waals surface area contributed by atoms with E-state index in [1.54, 1.807) is 0 Å². The molecule has 29 heavy (non-hydrogen) atoms. The summed E-state index contributed by atoms with van der Waals surface area (Å²) in [7, 11) is -3.71. The molecule has 4 aromatic rings. The van der Waals surface area contributed by atoms with Crippen LogP contribution in [0.2, 0.25) is 0 Å². The number of hydrogen-bond donors (Lipinski definition) is 1. The van der Waals surface area contributed by atoms with Gasteiger partial charge in [0.25, 0.3) is 5.56 Å². The Morgan fingerprint density at radius 3 is 2.72 bits per heavy atom. The third kappa shape index (κ3) is 3.23. The second-order valence-electron chi connectivity index (χ2n) is 7.12. The molecule has 1 saturated carbocycles. The molecule has 9 heteroatoms. The summed E-state index contributed by atoms with van der Waals surface area (Å²) in [6, 6.07) is 10.3. The van der Waals surface area contributed by atoms with Gasteiger partial charge in [-0.2, -0.15) is 10.2 Å². The highest BCUT2D eigenvalue weighted by Crippen LogP contribution is 2.38. The van der Waals surface area contributed by atoms with Crippen molar-refractivity contribution in [1.29, 1.82) is 0 Å². The summed E-state index contributed by atoms with van der Waals surface area (Å²) in [5.41, 5.74) is 1.56. The van der Waals surface area contributed by atoms with Crippen molar-refractivity contribution in [2.24, 2.45) is 0 Å². The molecule has 1 aliphatic carbocycles. The first-order valence-electron chi connectivity index (χ1n) is 9.22. The van der Waals surface area contributed by atoms with Gasteiger partial charge in [-0.3, -0.25) is 14.9 Å². The van der Waals surface area contributed by atoms with E-state index in [1.807, 2.05) is 18.2 Å². The summed E-state index contributed by atoms with van der Waals surface area (Å²) in [5.74, 6) is 0.534. The summed E-state index contributed by atoms with van der Waals surface area (Å²) in [6.45, 7) is 0.268. The van der Waals surface area contributed by atoms with E-state index in [-0.39, 0.29) is 21.9 Å². The van der Waals surface area contributed by atoms with Gasteiger partial charge >= 0.3 is 0 Å². The van der Waals surface area contributed by atoms with Crippen LogP contribution in [0.15, 0.2) is 69.6 Å². The van der Waals surface area contributed by atoms with Gasteiger partial charge in [-0.05, 0) is 43.2 Å². The number of rotatable bonds is 5. The first kappa shape index (κ1) is 17.7. The fraction of sp³-hybridized carbons (Fsp3) is 0.200. The molecule has 1 fully saturated rings. The molecule has 0 unspecified atom stereocenters. The Labute approximate surface area is 166 Å². The number of nitrogens with one attached hydrogen (secondary N) is 1. The summed E-state index contributed by atoms with van der Waals surface area (Å²) in [6.07, 6.45) is 6.40. The molecule has 3 heterocycles. The summed E-state index contributed by atoms with van der Waals surface area (Å²) >= 11 is 0.